The highest BCUT2D eigenvalue weighted by Crippen LogP contribution is 2.30. The van der Waals surface area contributed by atoms with Crippen molar-refractivity contribution in [3.05, 3.63) is 48.0 Å². The first-order chi connectivity index (χ1) is 31.2. The molecule has 1 aromatic carbocycles. The van der Waals surface area contributed by atoms with Crippen LogP contribution in [0.25, 0.3) is 0 Å². The van der Waals surface area contributed by atoms with Crippen LogP contribution in [0, 0.1) is 23.7 Å². The first kappa shape index (κ1) is 55.1. The van der Waals surface area contributed by atoms with Crippen LogP contribution in [0.2, 0.25) is 0 Å². The highest BCUT2D eigenvalue weighted by atomic mass is 16.5. The number of likely N-dealkylation sites (tertiary alicyclic amines) is 1. The van der Waals surface area contributed by atoms with Crippen molar-refractivity contribution < 1.29 is 57.7 Å². The van der Waals surface area contributed by atoms with Crippen molar-refractivity contribution in [2.45, 2.75) is 129 Å². The quantitative estimate of drug-likeness (QED) is 0.0857. The summed E-state index contributed by atoms with van der Waals surface area (Å²) in [4.78, 5) is 111. The Morgan fingerprint density at radius 2 is 1.48 bits per heavy atom. The molecule has 368 valence electrons. The number of imide groups is 1. The molecule has 2 heterocycles. The molecule has 9 atom stereocenters. The number of benzene rings is 1. The van der Waals surface area contributed by atoms with Crippen LogP contribution < -0.4 is 10.6 Å². The van der Waals surface area contributed by atoms with E-state index in [0.717, 1.165) is 10.5 Å². The molecule has 0 aliphatic carbocycles. The Labute approximate surface area is 390 Å². The second-order valence-electron chi connectivity index (χ2n) is 18.1. The van der Waals surface area contributed by atoms with E-state index in [1.54, 1.807) is 61.9 Å². The molecule has 2 aliphatic rings. The minimum Gasteiger partial charge on any atom is -0.480 e. The Morgan fingerprint density at radius 1 is 0.848 bits per heavy atom. The zero-order valence-electron chi connectivity index (χ0n) is 40.7. The van der Waals surface area contributed by atoms with Crippen molar-refractivity contribution in [2.75, 3.05) is 54.6 Å². The van der Waals surface area contributed by atoms with Gasteiger partial charge in [-0.2, -0.15) is 0 Å². The van der Waals surface area contributed by atoms with E-state index in [-0.39, 0.29) is 68.6 Å². The molecule has 7 amide bonds. The lowest BCUT2D eigenvalue weighted by atomic mass is 9.89. The highest BCUT2D eigenvalue weighted by Gasteiger charge is 2.44. The summed E-state index contributed by atoms with van der Waals surface area (Å²) < 4.78 is 17.4. The molecule has 0 radical (unpaired) electrons. The Bertz CT molecular complexity index is 1840. The summed E-state index contributed by atoms with van der Waals surface area (Å²) in [7, 11) is 6.12. The fourth-order valence-corrected chi connectivity index (χ4v) is 8.96. The average Bonchev–Trinajstić information content (AvgIpc) is 3.89. The predicted molar refractivity (Wildman–Crippen MR) is 245 cm³/mol. The largest absolute Gasteiger partial charge is 0.480 e. The van der Waals surface area contributed by atoms with Gasteiger partial charge in [-0.25, -0.2) is 4.79 Å². The lowest BCUT2D eigenvalue weighted by molar-refractivity contribution is -0.149. The van der Waals surface area contributed by atoms with Crippen molar-refractivity contribution in [3.8, 4) is 0 Å². The molecule has 1 aromatic rings. The van der Waals surface area contributed by atoms with Crippen molar-refractivity contribution in [3.63, 3.8) is 0 Å². The minimum absolute atomic E-state index is 0.00351. The number of hydrogen-bond acceptors (Lipinski definition) is 11. The molecule has 66 heavy (non-hydrogen) atoms. The zero-order valence-corrected chi connectivity index (χ0v) is 40.7. The smallest absolute Gasteiger partial charge is 0.326 e. The zero-order chi connectivity index (χ0) is 49.4. The summed E-state index contributed by atoms with van der Waals surface area (Å²) in [5.74, 6) is -5.68. The van der Waals surface area contributed by atoms with Gasteiger partial charge in [-0.1, -0.05) is 85.2 Å². The van der Waals surface area contributed by atoms with Crippen LogP contribution in [-0.4, -0.2) is 169 Å². The topological polar surface area (TPSA) is 222 Å². The second-order valence-corrected chi connectivity index (χ2v) is 18.1. The minimum atomic E-state index is -1.17. The Kier molecular flexibility index (Phi) is 21.9. The van der Waals surface area contributed by atoms with E-state index in [1.165, 1.54) is 38.3 Å². The van der Waals surface area contributed by atoms with E-state index in [9.17, 15) is 43.5 Å². The first-order valence-electron chi connectivity index (χ1n) is 23.1. The van der Waals surface area contributed by atoms with Crippen molar-refractivity contribution >= 4 is 47.3 Å². The Morgan fingerprint density at radius 3 is 2.03 bits per heavy atom. The normalized spacial score (nSPS) is 18.7. The van der Waals surface area contributed by atoms with Gasteiger partial charge in [-0.3, -0.25) is 38.5 Å². The molecule has 18 heteroatoms. The number of methoxy groups -OCH3 is 2. The fourth-order valence-electron chi connectivity index (χ4n) is 8.96. The fraction of sp³-hybridized carbons (Fsp3) is 0.667. The van der Waals surface area contributed by atoms with Crippen LogP contribution in [0.15, 0.2) is 42.5 Å². The van der Waals surface area contributed by atoms with Crippen LogP contribution in [0.4, 0.5) is 0 Å². The van der Waals surface area contributed by atoms with Gasteiger partial charge in [-0.05, 0) is 36.2 Å². The van der Waals surface area contributed by atoms with Gasteiger partial charge in [-0.15, -0.1) is 0 Å². The molecule has 18 nitrogen and oxygen atoms in total. The van der Waals surface area contributed by atoms with E-state index < -0.39 is 83.8 Å². The molecule has 0 bridgehead atoms. The van der Waals surface area contributed by atoms with Crippen LogP contribution in [0.1, 0.15) is 86.1 Å². The third kappa shape index (κ3) is 14.6. The molecular weight excluding hydrogens is 853 g/mol. The van der Waals surface area contributed by atoms with Crippen molar-refractivity contribution in [1.82, 2.24) is 30.2 Å². The van der Waals surface area contributed by atoms with Crippen molar-refractivity contribution in [1.29, 1.82) is 0 Å². The summed E-state index contributed by atoms with van der Waals surface area (Å²) in [5, 5.41) is 15.5. The van der Waals surface area contributed by atoms with Crippen LogP contribution in [0.3, 0.4) is 0 Å². The molecule has 0 spiro atoms. The first-order valence-corrected chi connectivity index (χ1v) is 23.1. The molecule has 0 unspecified atom stereocenters. The van der Waals surface area contributed by atoms with Gasteiger partial charge in [0, 0.05) is 53.4 Å². The summed E-state index contributed by atoms with van der Waals surface area (Å²) in [6.45, 7) is 13.4. The number of carbonyl (C=O) groups excluding carboxylic acids is 7. The predicted octanol–water partition coefficient (Wildman–Crippen LogP) is 2.67. The van der Waals surface area contributed by atoms with Gasteiger partial charge in [0.2, 0.25) is 29.5 Å². The van der Waals surface area contributed by atoms with E-state index >= 15 is 0 Å². The molecular formula is C48H74N6O12. The summed E-state index contributed by atoms with van der Waals surface area (Å²) in [5.41, 5.74) is 0.759. The number of carboxylic acids is 1. The number of nitrogens with zero attached hydrogens (tertiary/aromatic N) is 4. The number of amides is 7. The SMILES string of the molecule is CC[C@H](C)[C@@H]([C@@H](CC(=O)N1CCC[C@H]1[C@H](OC)[C@@H](C)C(=O)N[C@@H](Cc1ccccc1)C(=O)O)OC)N(C)C(=O)[C@@H](NC(=O)[C@H](C(C)C)N(C)C(=O)CCOCCN1C(=O)C=CC1=O)C(C)C. The molecule has 1 saturated heterocycles. The number of likely N-dealkylation sites (N-methyl/N-ethyl adjacent to an activating group) is 2. The highest BCUT2D eigenvalue weighted by molar-refractivity contribution is 6.12. The molecule has 1 fully saturated rings. The maximum absolute atomic E-state index is 14.5. The van der Waals surface area contributed by atoms with Gasteiger partial charge in [0.25, 0.3) is 11.8 Å². The van der Waals surface area contributed by atoms with Gasteiger partial charge in [0.1, 0.15) is 18.1 Å². The van der Waals surface area contributed by atoms with Gasteiger partial charge in [0.05, 0.1) is 62.8 Å². The monoisotopic (exact) mass is 927 g/mol. The van der Waals surface area contributed by atoms with E-state index in [4.69, 9.17) is 14.2 Å². The lowest BCUT2D eigenvalue weighted by Gasteiger charge is -2.41. The van der Waals surface area contributed by atoms with Gasteiger partial charge >= 0.3 is 5.97 Å². The van der Waals surface area contributed by atoms with Gasteiger partial charge in [0.15, 0.2) is 0 Å². The van der Waals surface area contributed by atoms with E-state index in [1.807, 2.05) is 33.8 Å². The Balaban J connectivity index is 1.71. The number of hydrogen-bond donors (Lipinski definition) is 3. The standard InChI is InChI=1S/C48H74N6O12/c1-12-31(6)43(36(64-10)28-40(58)53-23-16-19-35(53)44(65-11)32(7)45(59)49-34(48(62)63)27-33-17-14-13-15-18-33)52(9)47(61)41(29(2)3)50-46(60)42(30(4)5)51(8)37(55)22-25-66-26-24-54-38(56)20-21-39(54)57/h13-15,17-18,20-21,29-32,34-36,41-44H,12,16,19,22-28H2,1-11H3,(H,49,59)(H,50,60)(H,62,63)/t31-,32+,34-,35-,36+,41-,42-,43-,44+/m0/s1. The second kappa shape index (κ2) is 26.2. The molecule has 0 aromatic heterocycles. The summed E-state index contributed by atoms with van der Waals surface area (Å²) >= 11 is 0. The third-order valence-electron chi connectivity index (χ3n) is 12.9. The molecule has 3 rings (SSSR count). The van der Waals surface area contributed by atoms with E-state index in [0.29, 0.717) is 25.8 Å². The van der Waals surface area contributed by atoms with E-state index in [2.05, 4.69) is 10.6 Å². The summed E-state index contributed by atoms with van der Waals surface area (Å²) in [6, 6.07) is 4.85. The third-order valence-corrected chi connectivity index (χ3v) is 12.9. The lowest BCUT2D eigenvalue weighted by Crippen LogP contribution is -2.60. The maximum atomic E-state index is 14.5. The number of aliphatic carboxylic acids is 1. The molecule has 2 aliphatic heterocycles. The maximum Gasteiger partial charge on any atom is 0.326 e. The molecule has 0 saturated carbocycles. The molecule has 3 N–H and O–H groups in total. The number of ether oxygens (including phenoxy) is 3. The Hall–Kier alpha value is -5.20. The van der Waals surface area contributed by atoms with Crippen molar-refractivity contribution in [2.24, 2.45) is 23.7 Å². The van der Waals surface area contributed by atoms with Crippen LogP contribution in [0.5, 0.6) is 0 Å². The van der Waals surface area contributed by atoms with Crippen LogP contribution >= 0.6 is 0 Å². The van der Waals surface area contributed by atoms with Crippen LogP contribution in [-0.2, 0) is 59.0 Å². The number of carbonyl (C=O) groups is 8. The summed E-state index contributed by atoms with van der Waals surface area (Å²) in [6.07, 6.45) is 2.67. The average molecular weight is 927 g/mol. The van der Waals surface area contributed by atoms with Gasteiger partial charge < -0.3 is 44.7 Å². The number of rotatable bonds is 27. The number of nitrogens with one attached hydrogen (secondary N) is 2. The number of carboxylic acid groups (broad SMARTS) is 1.